The highest BCUT2D eigenvalue weighted by Crippen LogP contribution is 2.17. The number of hydrogen-bond acceptors (Lipinski definition) is 3. The van der Waals surface area contributed by atoms with Gasteiger partial charge in [0.2, 0.25) is 0 Å². The minimum Gasteiger partial charge on any atom is -0.387 e. The molecule has 19 heavy (non-hydrogen) atoms. The van der Waals surface area contributed by atoms with E-state index in [0.29, 0.717) is 12.1 Å². The van der Waals surface area contributed by atoms with Crippen molar-refractivity contribution >= 4 is 0 Å². The summed E-state index contributed by atoms with van der Waals surface area (Å²) in [7, 11) is 0. The van der Waals surface area contributed by atoms with Crippen molar-refractivity contribution in [2.45, 2.75) is 25.6 Å². The van der Waals surface area contributed by atoms with Crippen molar-refractivity contribution in [3.63, 3.8) is 0 Å². The molecule has 0 bridgehead atoms. The van der Waals surface area contributed by atoms with Gasteiger partial charge in [-0.2, -0.15) is 0 Å². The van der Waals surface area contributed by atoms with E-state index in [1.165, 1.54) is 12.1 Å². The van der Waals surface area contributed by atoms with Gasteiger partial charge in [0.25, 0.3) is 0 Å². The van der Waals surface area contributed by atoms with Gasteiger partial charge in [-0.3, -0.25) is 4.98 Å². The first-order chi connectivity index (χ1) is 9.16. The van der Waals surface area contributed by atoms with Crippen LogP contribution in [0.2, 0.25) is 0 Å². The third-order valence-corrected chi connectivity index (χ3v) is 3.02. The number of pyridine rings is 1. The zero-order valence-electron chi connectivity index (χ0n) is 10.8. The van der Waals surface area contributed by atoms with Gasteiger partial charge in [0.05, 0.1) is 11.8 Å². The molecule has 0 amide bonds. The van der Waals surface area contributed by atoms with Gasteiger partial charge in [-0.05, 0) is 36.8 Å². The number of rotatable bonds is 5. The molecule has 2 unspecified atom stereocenters. The van der Waals surface area contributed by atoms with E-state index in [9.17, 15) is 9.50 Å². The fraction of sp³-hybridized carbons (Fsp3) is 0.267. The zero-order valence-corrected chi connectivity index (χ0v) is 10.8. The topological polar surface area (TPSA) is 45.2 Å². The van der Waals surface area contributed by atoms with Gasteiger partial charge >= 0.3 is 0 Å². The first-order valence-electron chi connectivity index (χ1n) is 6.23. The summed E-state index contributed by atoms with van der Waals surface area (Å²) in [6.45, 7) is 2.47. The molecule has 0 aliphatic heterocycles. The highest BCUT2D eigenvalue weighted by atomic mass is 19.1. The molecule has 0 aliphatic rings. The summed E-state index contributed by atoms with van der Waals surface area (Å²) in [6, 6.07) is 11.5. The monoisotopic (exact) mass is 260 g/mol. The van der Waals surface area contributed by atoms with Crippen LogP contribution >= 0.6 is 0 Å². The van der Waals surface area contributed by atoms with Gasteiger partial charge in [0, 0.05) is 18.8 Å². The van der Waals surface area contributed by atoms with Crippen molar-refractivity contribution in [3.05, 3.63) is 65.7 Å². The van der Waals surface area contributed by atoms with Gasteiger partial charge in [-0.1, -0.05) is 18.2 Å². The molecule has 1 heterocycles. The number of nitrogens with one attached hydrogen (secondary N) is 1. The zero-order chi connectivity index (χ0) is 13.7. The van der Waals surface area contributed by atoms with Crippen LogP contribution in [0.15, 0.2) is 48.7 Å². The summed E-state index contributed by atoms with van der Waals surface area (Å²) < 4.78 is 12.8. The second kappa shape index (κ2) is 6.41. The second-order valence-electron chi connectivity index (χ2n) is 4.49. The number of nitrogens with zero attached hydrogens (tertiary/aromatic N) is 1. The van der Waals surface area contributed by atoms with Crippen molar-refractivity contribution in [1.82, 2.24) is 10.3 Å². The molecule has 1 aromatic carbocycles. The first-order valence-corrected chi connectivity index (χ1v) is 6.23. The number of aromatic nitrogens is 1. The summed E-state index contributed by atoms with van der Waals surface area (Å²) >= 11 is 0. The van der Waals surface area contributed by atoms with Crippen LogP contribution in [0.1, 0.15) is 24.3 Å². The molecule has 2 atom stereocenters. The predicted molar refractivity (Wildman–Crippen MR) is 71.9 cm³/mol. The van der Waals surface area contributed by atoms with Gasteiger partial charge in [-0.15, -0.1) is 0 Å². The number of aliphatic hydroxyl groups is 1. The lowest BCUT2D eigenvalue weighted by Gasteiger charge is -2.20. The molecule has 0 fully saturated rings. The van der Waals surface area contributed by atoms with E-state index in [0.717, 1.165) is 5.69 Å². The van der Waals surface area contributed by atoms with E-state index < -0.39 is 6.10 Å². The largest absolute Gasteiger partial charge is 0.387 e. The van der Waals surface area contributed by atoms with Crippen molar-refractivity contribution in [2.75, 3.05) is 0 Å². The molecule has 100 valence electrons. The van der Waals surface area contributed by atoms with Gasteiger partial charge in [-0.25, -0.2) is 4.39 Å². The molecule has 0 spiro atoms. The SMILES string of the molecule is CC(NCc1ccccn1)C(O)c1ccc(F)cc1. The molecular formula is C15H17FN2O. The van der Waals surface area contributed by atoms with Crippen LogP contribution in [0.25, 0.3) is 0 Å². The van der Waals surface area contributed by atoms with E-state index in [4.69, 9.17) is 0 Å². The predicted octanol–water partition coefficient (Wildman–Crippen LogP) is 2.43. The molecular weight excluding hydrogens is 243 g/mol. The molecule has 2 N–H and O–H groups in total. The van der Waals surface area contributed by atoms with Crippen molar-refractivity contribution in [1.29, 1.82) is 0 Å². The quantitative estimate of drug-likeness (QED) is 0.868. The summed E-state index contributed by atoms with van der Waals surface area (Å²) in [5.41, 5.74) is 1.61. The van der Waals surface area contributed by atoms with E-state index in [1.807, 2.05) is 25.1 Å². The Morgan fingerprint density at radius 2 is 1.95 bits per heavy atom. The van der Waals surface area contributed by atoms with Crippen LogP contribution in [0.5, 0.6) is 0 Å². The van der Waals surface area contributed by atoms with Gasteiger partial charge in [0.1, 0.15) is 5.82 Å². The van der Waals surface area contributed by atoms with Crippen molar-refractivity contribution in [2.24, 2.45) is 0 Å². The Morgan fingerprint density at radius 3 is 2.58 bits per heavy atom. The Labute approximate surface area is 112 Å². The maximum absolute atomic E-state index is 12.8. The summed E-state index contributed by atoms with van der Waals surface area (Å²) in [6.07, 6.45) is 1.06. The van der Waals surface area contributed by atoms with Crippen LogP contribution in [-0.4, -0.2) is 16.1 Å². The van der Waals surface area contributed by atoms with Crippen LogP contribution in [0.4, 0.5) is 4.39 Å². The Bertz CT molecular complexity index is 501. The third-order valence-electron chi connectivity index (χ3n) is 3.02. The lowest BCUT2D eigenvalue weighted by Crippen LogP contribution is -2.31. The molecule has 0 aliphatic carbocycles. The Kier molecular flexibility index (Phi) is 4.60. The molecule has 0 saturated heterocycles. The van der Waals surface area contributed by atoms with Crippen LogP contribution in [0, 0.1) is 5.82 Å². The maximum Gasteiger partial charge on any atom is 0.123 e. The minimum atomic E-state index is -0.677. The van der Waals surface area contributed by atoms with Crippen LogP contribution in [-0.2, 0) is 6.54 Å². The standard InChI is InChI=1S/C15H17FN2O/c1-11(18-10-14-4-2-3-9-17-14)15(19)12-5-7-13(16)8-6-12/h2-9,11,15,18-19H,10H2,1H3. The van der Waals surface area contributed by atoms with E-state index in [2.05, 4.69) is 10.3 Å². The molecule has 0 saturated carbocycles. The van der Waals surface area contributed by atoms with E-state index in [1.54, 1.807) is 18.3 Å². The van der Waals surface area contributed by atoms with E-state index in [-0.39, 0.29) is 11.9 Å². The van der Waals surface area contributed by atoms with Crippen LogP contribution < -0.4 is 5.32 Å². The highest BCUT2D eigenvalue weighted by Gasteiger charge is 2.15. The average Bonchev–Trinajstić information content (AvgIpc) is 2.46. The normalized spacial score (nSPS) is 14.1. The van der Waals surface area contributed by atoms with Crippen molar-refractivity contribution < 1.29 is 9.50 Å². The molecule has 3 nitrogen and oxygen atoms in total. The number of benzene rings is 1. The summed E-state index contributed by atoms with van der Waals surface area (Å²) in [5, 5.41) is 13.4. The fourth-order valence-corrected chi connectivity index (χ4v) is 1.83. The lowest BCUT2D eigenvalue weighted by molar-refractivity contribution is 0.135. The minimum absolute atomic E-state index is 0.146. The molecule has 0 radical (unpaired) electrons. The fourth-order valence-electron chi connectivity index (χ4n) is 1.83. The lowest BCUT2D eigenvalue weighted by atomic mass is 10.0. The van der Waals surface area contributed by atoms with Crippen LogP contribution in [0.3, 0.4) is 0 Å². The van der Waals surface area contributed by atoms with E-state index >= 15 is 0 Å². The molecule has 4 heteroatoms. The molecule has 1 aromatic heterocycles. The Balaban J connectivity index is 1.92. The first kappa shape index (κ1) is 13.6. The smallest absolute Gasteiger partial charge is 0.123 e. The highest BCUT2D eigenvalue weighted by molar-refractivity contribution is 5.19. The maximum atomic E-state index is 12.8. The number of halogens is 1. The number of aliphatic hydroxyl groups excluding tert-OH is 1. The summed E-state index contributed by atoms with van der Waals surface area (Å²) in [5.74, 6) is -0.301. The second-order valence-corrected chi connectivity index (χ2v) is 4.49. The Morgan fingerprint density at radius 1 is 1.21 bits per heavy atom. The molecule has 2 aromatic rings. The van der Waals surface area contributed by atoms with Gasteiger partial charge in [0.15, 0.2) is 0 Å². The number of hydrogen-bond donors (Lipinski definition) is 2. The summed E-state index contributed by atoms with van der Waals surface area (Å²) in [4.78, 5) is 4.20. The third kappa shape index (κ3) is 3.84. The average molecular weight is 260 g/mol. The van der Waals surface area contributed by atoms with Crippen molar-refractivity contribution in [3.8, 4) is 0 Å². The van der Waals surface area contributed by atoms with Gasteiger partial charge < -0.3 is 10.4 Å². The Hall–Kier alpha value is -1.78. The molecule has 2 rings (SSSR count).